The highest BCUT2D eigenvalue weighted by Crippen LogP contribution is 2.22. The Bertz CT molecular complexity index is 353. The molecule has 4 heteroatoms. The number of hydrogen-bond acceptors (Lipinski definition) is 3. The number of isocyanates is 1. The van der Waals surface area contributed by atoms with Crippen molar-refractivity contribution in [1.82, 2.24) is 9.78 Å². The quantitative estimate of drug-likeness (QED) is 0.488. The summed E-state index contributed by atoms with van der Waals surface area (Å²) in [5.41, 5.74) is 0.688. The minimum Gasteiger partial charge on any atom is -0.242 e. The lowest BCUT2D eigenvalue weighted by molar-refractivity contribution is 0.358. The second-order valence-corrected chi connectivity index (χ2v) is 3.93. The number of aliphatic imine (C=N–C) groups is 1. The predicted octanol–water partition coefficient (Wildman–Crippen LogP) is 1.91. The zero-order valence-electron chi connectivity index (χ0n) is 8.33. The van der Waals surface area contributed by atoms with Gasteiger partial charge in [-0.05, 0) is 27.7 Å². The molecule has 0 aliphatic carbocycles. The summed E-state index contributed by atoms with van der Waals surface area (Å²) in [6.07, 6.45) is 1.52. The molecule has 70 valence electrons. The minimum absolute atomic E-state index is 0.163. The Morgan fingerprint density at radius 3 is 2.62 bits per heavy atom. The largest absolute Gasteiger partial charge is 0.242 e. The van der Waals surface area contributed by atoms with Crippen LogP contribution in [0.25, 0.3) is 0 Å². The summed E-state index contributed by atoms with van der Waals surface area (Å²) < 4.78 is 1.72. The van der Waals surface area contributed by atoms with E-state index in [0.29, 0.717) is 5.82 Å². The summed E-state index contributed by atoms with van der Waals surface area (Å²) in [7, 11) is 0. The topological polar surface area (TPSA) is 47.2 Å². The van der Waals surface area contributed by atoms with Gasteiger partial charge in [-0.1, -0.05) is 0 Å². The van der Waals surface area contributed by atoms with Crippen molar-refractivity contribution in [2.45, 2.75) is 33.2 Å². The van der Waals surface area contributed by atoms with Crippen LogP contribution in [0, 0.1) is 6.92 Å². The van der Waals surface area contributed by atoms with Crippen LogP contribution in [0.2, 0.25) is 0 Å². The average Bonchev–Trinajstić information content (AvgIpc) is 2.30. The Kier molecular flexibility index (Phi) is 2.34. The summed E-state index contributed by atoms with van der Waals surface area (Å²) in [5, 5.41) is 4.24. The molecule has 0 aliphatic rings. The molecule has 4 nitrogen and oxygen atoms in total. The molecule has 0 saturated heterocycles. The molecule has 0 aromatic carbocycles. The van der Waals surface area contributed by atoms with Crippen LogP contribution < -0.4 is 0 Å². The molecule has 0 atom stereocenters. The Labute approximate surface area is 77.3 Å². The monoisotopic (exact) mass is 179 g/mol. The first-order valence-corrected chi connectivity index (χ1v) is 4.10. The molecule has 0 spiro atoms. The van der Waals surface area contributed by atoms with Crippen LogP contribution in [0.15, 0.2) is 11.1 Å². The smallest absolute Gasteiger partial charge is 0.242 e. The zero-order chi connectivity index (χ0) is 10.1. The second kappa shape index (κ2) is 3.15. The van der Waals surface area contributed by atoms with Crippen LogP contribution in [0.5, 0.6) is 0 Å². The van der Waals surface area contributed by atoms with Crippen molar-refractivity contribution >= 4 is 11.9 Å². The van der Waals surface area contributed by atoms with E-state index in [4.69, 9.17) is 0 Å². The van der Waals surface area contributed by atoms with E-state index in [9.17, 15) is 4.79 Å². The maximum absolute atomic E-state index is 10.1. The molecule has 0 saturated carbocycles. The number of aromatic nitrogens is 2. The van der Waals surface area contributed by atoms with E-state index in [1.54, 1.807) is 10.7 Å². The van der Waals surface area contributed by atoms with Crippen LogP contribution in [0.4, 0.5) is 5.82 Å². The Morgan fingerprint density at radius 2 is 2.15 bits per heavy atom. The van der Waals surface area contributed by atoms with Gasteiger partial charge in [-0.2, -0.15) is 5.10 Å². The Hall–Kier alpha value is -1.41. The van der Waals surface area contributed by atoms with E-state index in [1.165, 1.54) is 6.08 Å². The third-order valence-electron chi connectivity index (χ3n) is 1.61. The summed E-state index contributed by atoms with van der Waals surface area (Å²) in [6, 6.07) is 1.76. The molecule has 0 aliphatic heterocycles. The van der Waals surface area contributed by atoms with Gasteiger partial charge in [0.05, 0.1) is 11.2 Å². The lowest BCUT2D eigenvalue weighted by Crippen LogP contribution is -2.22. The summed E-state index contributed by atoms with van der Waals surface area (Å²) in [4.78, 5) is 13.7. The molecule has 0 radical (unpaired) electrons. The molecule has 0 fully saturated rings. The van der Waals surface area contributed by atoms with Gasteiger partial charge in [0.25, 0.3) is 0 Å². The molecule has 0 bridgehead atoms. The van der Waals surface area contributed by atoms with Crippen molar-refractivity contribution < 1.29 is 4.79 Å². The number of hydrogen-bond donors (Lipinski definition) is 0. The van der Waals surface area contributed by atoms with Crippen molar-refractivity contribution in [3.05, 3.63) is 11.8 Å². The molecular formula is C9H13N3O. The van der Waals surface area contributed by atoms with Gasteiger partial charge in [0.2, 0.25) is 6.08 Å². The van der Waals surface area contributed by atoms with E-state index >= 15 is 0 Å². The van der Waals surface area contributed by atoms with Gasteiger partial charge in [-0.15, -0.1) is 4.99 Å². The average molecular weight is 179 g/mol. The van der Waals surface area contributed by atoms with Gasteiger partial charge >= 0.3 is 0 Å². The molecule has 1 heterocycles. The Morgan fingerprint density at radius 1 is 1.54 bits per heavy atom. The molecule has 1 rings (SSSR count). The second-order valence-electron chi connectivity index (χ2n) is 3.93. The number of nitrogens with zero attached hydrogens (tertiary/aromatic N) is 3. The van der Waals surface area contributed by atoms with Gasteiger partial charge in [0, 0.05) is 6.07 Å². The summed E-state index contributed by atoms with van der Waals surface area (Å²) in [5.74, 6) is 0.556. The number of rotatable bonds is 1. The van der Waals surface area contributed by atoms with Gasteiger partial charge < -0.3 is 0 Å². The fraction of sp³-hybridized carbons (Fsp3) is 0.556. The zero-order valence-corrected chi connectivity index (χ0v) is 8.33. The summed E-state index contributed by atoms with van der Waals surface area (Å²) in [6.45, 7) is 7.88. The number of aryl methyl sites for hydroxylation is 1. The maximum Gasteiger partial charge on any atom is 0.242 e. The van der Waals surface area contributed by atoms with E-state index in [0.717, 1.165) is 5.69 Å². The Balaban J connectivity index is 3.27. The van der Waals surface area contributed by atoms with E-state index in [2.05, 4.69) is 10.1 Å². The van der Waals surface area contributed by atoms with Crippen LogP contribution in [0.3, 0.4) is 0 Å². The standard InChI is InChI=1S/C9H13N3O/c1-7-5-8(10-6-13)12(11-7)9(2,3)4/h5H,1-4H3. The van der Waals surface area contributed by atoms with Crippen molar-refractivity contribution in [1.29, 1.82) is 0 Å². The molecule has 1 aromatic heterocycles. The predicted molar refractivity (Wildman–Crippen MR) is 49.7 cm³/mol. The third-order valence-corrected chi connectivity index (χ3v) is 1.61. The first-order chi connectivity index (χ1) is 5.95. The van der Waals surface area contributed by atoms with Crippen LogP contribution >= 0.6 is 0 Å². The summed E-state index contributed by atoms with van der Waals surface area (Å²) >= 11 is 0. The van der Waals surface area contributed by atoms with Gasteiger partial charge in [0.1, 0.15) is 0 Å². The van der Waals surface area contributed by atoms with Crippen molar-refractivity contribution in [2.24, 2.45) is 4.99 Å². The van der Waals surface area contributed by atoms with Crippen LogP contribution in [-0.2, 0) is 10.3 Å². The highest BCUT2D eigenvalue weighted by molar-refractivity contribution is 5.45. The number of carbonyl (C=O) groups excluding carboxylic acids is 1. The van der Waals surface area contributed by atoms with E-state index in [-0.39, 0.29) is 5.54 Å². The van der Waals surface area contributed by atoms with Crippen molar-refractivity contribution in [2.75, 3.05) is 0 Å². The SMILES string of the molecule is Cc1cc(N=C=O)n(C(C)(C)C)n1. The molecule has 13 heavy (non-hydrogen) atoms. The fourth-order valence-electron chi connectivity index (χ4n) is 1.11. The molecular weight excluding hydrogens is 166 g/mol. The highest BCUT2D eigenvalue weighted by Gasteiger charge is 2.18. The van der Waals surface area contributed by atoms with Gasteiger partial charge in [-0.25, -0.2) is 9.48 Å². The third kappa shape index (κ3) is 2.04. The van der Waals surface area contributed by atoms with Crippen LogP contribution in [0.1, 0.15) is 26.5 Å². The molecule has 0 unspecified atom stereocenters. The molecule has 0 amide bonds. The first kappa shape index (κ1) is 9.68. The van der Waals surface area contributed by atoms with Crippen LogP contribution in [-0.4, -0.2) is 15.9 Å². The minimum atomic E-state index is -0.163. The molecule has 1 aromatic rings. The first-order valence-electron chi connectivity index (χ1n) is 4.10. The normalized spacial score (nSPS) is 11.1. The van der Waals surface area contributed by atoms with Crippen molar-refractivity contribution in [3.8, 4) is 0 Å². The lowest BCUT2D eigenvalue weighted by atomic mass is 10.1. The molecule has 0 N–H and O–H groups in total. The lowest BCUT2D eigenvalue weighted by Gasteiger charge is -2.20. The van der Waals surface area contributed by atoms with Crippen molar-refractivity contribution in [3.63, 3.8) is 0 Å². The maximum atomic E-state index is 10.1. The van der Waals surface area contributed by atoms with E-state index in [1.807, 2.05) is 27.7 Å². The fourth-order valence-corrected chi connectivity index (χ4v) is 1.11. The van der Waals surface area contributed by atoms with E-state index < -0.39 is 0 Å². The highest BCUT2D eigenvalue weighted by atomic mass is 16.1. The van der Waals surface area contributed by atoms with Gasteiger partial charge in [-0.3, -0.25) is 0 Å². The van der Waals surface area contributed by atoms with Gasteiger partial charge in [0.15, 0.2) is 5.82 Å².